The summed E-state index contributed by atoms with van der Waals surface area (Å²) in [5.74, 6) is 0.737. The summed E-state index contributed by atoms with van der Waals surface area (Å²) in [5.41, 5.74) is 4.09. The van der Waals surface area contributed by atoms with Crippen LogP contribution in [-0.4, -0.2) is 23.3 Å². The Morgan fingerprint density at radius 2 is 1.59 bits per heavy atom. The number of carbonyl (C=O) groups excluding carboxylic acids is 1. The number of aromatic hydroxyl groups is 1. The molecule has 0 atom stereocenters. The van der Waals surface area contributed by atoms with E-state index < -0.39 is 0 Å². The van der Waals surface area contributed by atoms with Gasteiger partial charge in [-0.25, -0.2) is 0 Å². The van der Waals surface area contributed by atoms with E-state index >= 15 is 0 Å². The van der Waals surface area contributed by atoms with Crippen LogP contribution in [0.2, 0.25) is 0 Å². The Balaban J connectivity index is 1.59. The van der Waals surface area contributed by atoms with Gasteiger partial charge >= 0.3 is 0 Å². The molecule has 0 spiro atoms. The van der Waals surface area contributed by atoms with Gasteiger partial charge in [0.1, 0.15) is 5.75 Å². The lowest BCUT2D eigenvalue weighted by Gasteiger charge is -2.33. The molecule has 0 radical (unpaired) electrons. The van der Waals surface area contributed by atoms with Crippen molar-refractivity contribution < 1.29 is 9.90 Å². The molecular formula is C25H25NO2S. The monoisotopic (exact) mass is 403 g/mol. The van der Waals surface area contributed by atoms with Gasteiger partial charge in [-0.15, -0.1) is 11.8 Å². The number of thioether (sulfide) groups is 1. The van der Waals surface area contributed by atoms with Gasteiger partial charge < -0.3 is 10.0 Å². The van der Waals surface area contributed by atoms with Crippen molar-refractivity contribution in [2.75, 3.05) is 17.2 Å². The van der Waals surface area contributed by atoms with Crippen molar-refractivity contribution in [1.82, 2.24) is 0 Å². The zero-order valence-corrected chi connectivity index (χ0v) is 17.4. The highest BCUT2D eigenvalue weighted by molar-refractivity contribution is 8.01. The predicted molar refractivity (Wildman–Crippen MR) is 121 cm³/mol. The van der Waals surface area contributed by atoms with Gasteiger partial charge in [0.2, 0.25) is 5.91 Å². The number of phenolic OH excluding ortho intramolecular Hbond substituents is 1. The highest BCUT2D eigenvalue weighted by Crippen LogP contribution is 2.43. The van der Waals surface area contributed by atoms with Gasteiger partial charge in [-0.2, -0.15) is 0 Å². The molecule has 0 bridgehead atoms. The standard InChI is InChI=1S/C25H25NO2S/c1-25(19-10-4-2-5-11-19,20-12-6-3-7-13-20)29-18-24(28)26-17-9-14-21-22(26)15-8-16-23(21)27/h2-8,10-13,15-16,27H,9,14,17-18H2,1H3. The second-order valence-electron chi connectivity index (χ2n) is 7.48. The SMILES string of the molecule is CC(SCC(=O)N1CCCc2c(O)cccc21)(c1ccccc1)c1ccccc1. The molecule has 0 saturated heterocycles. The molecule has 1 aliphatic rings. The Morgan fingerprint density at radius 3 is 2.21 bits per heavy atom. The number of carbonyl (C=O) groups is 1. The molecule has 0 aliphatic carbocycles. The zero-order valence-electron chi connectivity index (χ0n) is 16.5. The van der Waals surface area contributed by atoms with Crippen LogP contribution in [-0.2, 0) is 16.0 Å². The minimum atomic E-state index is -0.324. The van der Waals surface area contributed by atoms with Crippen molar-refractivity contribution >= 4 is 23.4 Å². The fraction of sp³-hybridized carbons (Fsp3) is 0.240. The van der Waals surface area contributed by atoms with Crippen molar-refractivity contribution in [3.05, 3.63) is 95.6 Å². The molecule has 4 heteroatoms. The largest absolute Gasteiger partial charge is 0.508 e. The molecule has 0 aromatic heterocycles. The summed E-state index contributed by atoms with van der Waals surface area (Å²) in [4.78, 5) is 15.0. The van der Waals surface area contributed by atoms with Gasteiger partial charge in [0.15, 0.2) is 0 Å². The first-order chi connectivity index (χ1) is 14.1. The first-order valence-corrected chi connectivity index (χ1v) is 10.9. The smallest absolute Gasteiger partial charge is 0.237 e. The summed E-state index contributed by atoms with van der Waals surface area (Å²) in [6.45, 7) is 2.88. The van der Waals surface area contributed by atoms with Crippen molar-refractivity contribution in [3.63, 3.8) is 0 Å². The molecule has 3 aromatic rings. The summed E-state index contributed by atoms with van der Waals surface area (Å²) in [6, 6.07) is 26.1. The van der Waals surface area contributed by atoms with Gasteiger partial charge in [-0.3, -0.25) is 4.79 Å². The van der Waals surface area contributed by atoms with Gasteiger partial charge in [0.05, 0.1) is 16.2 Å². The summed E-state index contributed by atoms with van der Waals surface area (Å²) >= 11 is 1.66. The summed E-state index contributed by atoms with van der Waals surface area (Å²) < 4.78 is -0.324. The molecule has 4 rings (SSSR count). The lowest BCUT2D eigenvalue weighted by Crippen LogP contribution is -2.37. The molecule has 0 unspecified atom stereocenters. The van der Waals surface area contributed by atoms with Crippen LogP contribution < -0.4 is 4.90 Å². The number of hydrogen-bond donors (Lipinski definition) is 1. The maximum Gasteiger partial charge on any atom is 0.237 e. The van der Waals surface area contributed by atoms with E-state index in [9.17, 15) is 9.90 Å². The van der Waals surface area contributed by atoms with Crippen molar-refractivity contribution in [3.8, 4) is 5.75 Å². The van der Waals surface area contributed by atoms with E-state index in [0.29, 0.717) is 12.3 Å². The van der Waals surface area contributed by atoms with E-state index in [2.05, 4.69) is 31.2 Å². The van der Waals surface area contributed by atoms with Gasteiger partial charge in [-0.1, -0.05) is 66.7 Å². The molecular weight excluding hydrogens is 378 g/mol. The third-order valence-corrected chi connectivity index (χ3v) is 7.10. The third kappa shape index (κ3) is 3.90. The van der Waals surface area contributed by atoms with E-state index in [0.717, 1.165) is 24.1 Å². The minimum absolute atomic E-state index is 0.0830. The van der Waals surface area contributed by atoms with Gasteiger partial charge in [-0.05, 0) is 43.0 Å². The molecule has 3 aromatic carbocycles. The van der Waals surface area contributed by atoms with Gasteiger partial charge in [0.25, 0.3) is 0 Å². The van der Waals surface area contributed by atoms with Crippen LogP contribution in [0.25, 0.3) is 0 Å². The van der Waals surface area contributed by atoms with Crippen LogP contribution >= 0.6 is 11.8 Å². The Morgan fingerprint density at radius 1 is 0.966 bits per heavy atom. The highest BCUT2D eigenvalue weighted by atomic mass is 32.2. The Bertz CT molecular complexity index is 949. The maximum absolute atomic E-state index is 13.2. The number of phenols is 1. The summed E-state index contributed by atoms with van der Waals surface area (Å²) in [5, 5.41) is 10.2. The average Bonchev–Trinajstić information content (AvgIpc) is 2.78. The molecule has 1 amide bonds. The topological polar surface area (TPSA) is 40.5 Å². The molecule has 0 saturated carbocycles. The lowest BCUT2D eigenvalue weighted by molar-refractivity contribution is -0.116. The van der Waals surface area contributed by atoms with Crippen molar-refractivity contribution in [2.45, 2.75) is 24.5 Å². The lowest BCUT2D eigenvalue weighted by atomic mass is 9.92. The zero-order chi connectivity index (χ0) is 20.3. The predicted octanol–water partition coefficient (Wildman–Crippen LogP) is 5.37. The first-order valence-electron chi connectivity index (χ1n) is 9.96. The van der Waals surface area contributed by atoms with Crippen LogP contribution in [0.3, 0.4) is 0 Å². The van der Waals surface area contributed by atoms with E-state index in [1.807, 2.05) is 53.4 Å². The molecule has 148 valence electrons. The number of amides is 1. The quantitative estimate of drug-likeness (QED) is 0.623. The van der Waals surface area contributed by atoms with Crippen LogP contribution in [0.4, 0.5) is 5.69 Å². The average molecular weight is 404 g/mol. The van der Waals surface area contributed by atoms with E-state index in [4.69, 9.17) is 0 Å². The molecule has 1 aliphatic heterocycles. The normalized spacial score (nSPS) is 13.8. The van der Waals surface area contributed by atoms with Crippen LogP contribution in [0.15, 0.2) is 78.9 Å². The number of benzene rings is 3. The van der Waals surface area contributed by atoms with Crippen LogP contribution in [0, 0.1) is 0 Å². The number of hydrogen-bond acceptors (Lipinski definition) is 3. The fourth-order valence-electron chi connectivity index (χ4n) is 3.99. The van der Waals surface area contributed by atoms with Crippen molar-refractivity contribution in [2.24, 2.45) is 0 Å². The summed E-state index contributed by atoms with van der Waals surface area (Å²) in [6.07, 6.45) is 1.68. The third-order valence-electron chi connectivity index (χ3n) is 5.66. The van der Waals surface area contributed by atoms with Crippen molar-refractivity contribution in [1.29, 1.82) is 0 Å². The fourth-order valence-corrected chi connectivity index (χ4v) is 5.17. The second-order valence-corrected chi connectivity index (χ2v) is 8.87. The number of fused-ring (bicyclic) bond motifs is 1. The molecule has 29 heavy (non-hydrogen) atoms. The highest BCUT2D eigenvalue weighted by Gasteiger charge is 2.32. The molecule has 0 fully saturated rings. The molecule has 3 nitrogen and oxygen atoms in total. The number of anilines is 1. The van der Waals surface area contributed by atoms with Crippen LogP contribution in [0.1, 0.15) is 30.0 Å². The molecule has 1 N–H and O–H groups in total. The summed E-state index contributed by atoms with van der Waals surface area (Å²) in [7, 11) is 0. The second kappa shape index (κ2) is 8.34. The maximum atomic E-state index is 13.2. The minimum Gasteiger partial charge on any atom is -0.508 e. The van der Waals surface area contributed by atoms with E-state index in [-0.39, 0.29) is 16.4 Å². The van der Waals surface area contributed by atoms with Gasteiger partial charge in [0, 0.05) is 12.1 Å². The Hall–Kier alpha value is -2.72. The van der Waals surface area contributed by atoms with E-state index in [1.165, 1.54) is 11.1 Å². The van der Waals surface area contributed by atoms with Crippen LogP contribution in [0.5, 0.6) is 5.75 Å². The Labute approximate surface area is 176 Å². The number of rotatable bonds is 5. The first kappa shape index (κ1) is 19.6. The molecule has 1 heterocycles. The van der Waals surface area contributed by atoms with E-state index in [1.54, 1.807) is 17.8 Å². The number of nitrogens with zero attached hydrogens (tertiary/aromatic N) is 1. The Kier molecular flexibility index (Phi) is 5.63.